The quantitative estimate of drug-likeness (QED) is 0.566. The van der Waals surface area contributed by atoms with Crippen molar-refractivity contribution >= 4 is 17.7 Å². The molecule has 3 aromatic rings. The van der Waals surface area contributed by atoms with E-state index < -0.39 is 0 Å². The minimum atomic E-state index is -0.0915. The van der Waals surface area contributed by atoms with Crippen molar-refractivity contribution < 1.29 is 13.9 Å². The van der Waals surface area contributed by atoms with Gasteiger partial charge in [0.25, 0.3) is 0 Å². The SMILES string of the molecule is Cn1c(COc2ccc(C(C)(C)C)cc2)nnc1SCC(=O)NCc1ccco1. The van der Waals surface area contributed by atoms with E-state index in [4.69, 9.17) is 9.15 Å². The lowest BCUT2D eigenvalue weighted by Crippen LogP contribution is -2.24. The van der Waals surface area contributed by atoms with Crippen molar-refractivity contribution in [3.8, 4) is 5.75 Å². The lowest BCUT2D eigenvalue weighted by atomic mass is 9.87. The highest BCUT2D eigenvalue weighted by atomic mass is 32.2. The number of carbonyl (C=O) groups excluding carboxylic acids is 1. The summed E-state index contributed by atoms with van der Waals surface area (Å²) in [7, 11) is 1.87. The highest BCUT2D eigenvalue weighted by Crippen LogP contribution is 2.24. The second-order valence-electron chi connectivity index (χ2n) is 7.67. The van der Waals surface area contributed by atoms with Gasteiger partial charge in [0.05, 0.1) is 18.6 Å². The molecule has 8 heteroatoms. The van der Waals surface area contributed by atoms with Crippen LogP contribution in [0.2, 0.25) is 0 Å². The summed E-state index contributed by atoms with van der Waals surface area (Å²) in [5, 5.41) is 11.8. The zero-order valence-electron chi connectivity index (χ0n) is 17.1. The first kappa shape index (κ1) is 21.0. The maximum atomic E-state index is 12.0. The maximum absolute atomic E-state index is 12.0. The van der Waals surface area contributed by atoms with Crippen LogP contribution in [0.1, 0.15) is 37.9 Å². The molecule has 0 aliphatic heterocycles. The minimum Gasteiger partial charge on any atom is -0.486 e. The normalized spacial score (nSPS) is 11.4. The third-order valence-corrected chi connectivity index (χ3v) is 5.41. The molecule has 2 heterocycles. The maximum Gasteiger partial charge on any atom is 0.230 e. The predicted octanol–water partition coefficient (Wildman–Crippen LogP) is 3.69. The summed E-state index contributed by atoms with van der Waals surface area (Å²) in [5.74, 6) is 2.36. The molecule has 0 aliphatic rings. The minimum absolute atomic E-state index is 0.0915. The van der Waals surface area contributed by atoms with Crippen LogP contribution < -0.4 is 10.1 Å². The van der Waals surface area contributed by atoms with Gasteiger partial charge in [0.1, 0.15) is 18.1 Å². The van der Waals surface area contributed by atoms with E-state index in [0.29, 0.717) is 24.1 Å². The van der Waals surface area contributed by atoms with Gasteiger partial charge in [-0.3, -0.25) is 4.79 Å². The molecule has 2 aromatic heterocycles. The van der Waals surface area contributed by atoms with E-state index in [-0.39, 0.29) is 17.1 Å². The Morgan fingerprint density at radius 3 is 2.62 bits per heavy atom. The highest BCUT2D eigenvalue weighted by molar-refractivity contribution is 7.99. The van der Waals surface area contributed by atoms with Crippen molar-refractivity contribution in [2.45, 2.75) is 44.5 Å². The number of benzene rings is 1. The van der Waals surface area contributed by atoms with E-state index >= 15 is 0 Å². The van der Waals surface area contributed by atoms with E-state index in [1.807, 2.05) is 29.8 Å². The van der Waals surface area contributed by atoms with Gasteiger partial charge in [0.2, 0.25) is 5.91 Å². The Bertz CT molecular complexity index is 928. The van der Waals surface area contributed by atoms with Gasteiger partial charge < -0.3 is 19.0 Å². The van der Waals surface area contributed by atoms with Gasteiger partial charge in [0.15, 0.2) is 11.0 Å². The lowest BCUT2D eigenvalue weighted by molar-refractivity contribution is -0.118. The van der Waals surface area contributed by atoms with E-state index in [2.05, 4.69) is 48.4 Å². The van der Waals surface area contributed by atoms with Gasteiger partial charge in [-0.15, -0.1) is 10.2 Å². The molecule has 0 bridgehead atoms. The van der Waals surface area contributed by atoms with E-state index in [9.17, 15) is 4.79 Å². The summed E-state index contributed by atoms with van der Waals surface area (Å²) in [6.07, 6.45) is 1.58. The summed E-state index contributed by atoms with van der Waals surface area (Å²) in [6.45, 7) is 7.22. The molecule has 3 rings (SSSR count). The summed E-state index contributed by atoms with van der Waals surface area (Å²) in [4.78, 5) is 12.0. The third-order valence-electron chi connectivity index (χ3n) is 4.39. The first-order valence-electron chi connectivity index (χ1n) is 9.36. The Labute approximate surface area is 174 Å². The average molecular weight is 415 g/mol. The third kappa shape index (κ3) is 5.87. The number of carbonyl (C=O) groups is 1. The molecule has 1 N–H and O–H groups in total. The predicted molar refractivity (Wildman–Crippen MR) is 112 cm³/mol. The Balaban J connectivity index is 1.48. The van der Waals surface area contributed by atoms with Gasteiger partial charge >= 0.3 is 0 Å². The molecule has 29 heavy (non-hydrogen) atoms. The number of hydrogen-bond donors (Lipinski definition) is 1. The topological polar surface area (TPSA) is 82.2 Å². The molecular formula is C21H26N4O3S. The number of amides is 1. The standard InChI is InChI=1S/C21H26N4O3S/c1-21(2,3)15-7-9-16(10-8-15)28-13-18-23-24-20(25(18)4)29-14-19(26)22-12-17-6-5-11-27-17/h5-11H,12-14H2,1-4H3,(H,22,26). The fourth-order valence-corrected chi connectivity index (χ4v) is 3.34. The van der Waals surface area contributed by atoms with Crippen LogP contribution in [0.5, 0.6) is 5.75 Å². The second-order valence-corrected chi connectivity index (χ2v) is 8.61. The lowest BCUT2D eigenvalue weighted by Gasteiger charge is -2.19. The highest BCUT2D eigenvalue weighted by Gasteiger charge is 2.14. The number of hydrogen-bond acceptors (Lipinski definition) is 6. The number of nitrogens with one attached hydrogen (secondary N) is 1. The molecule has 7 nitrogen and oxygen atoms in total. The van der Waals surface area contributed by atoms with Crippen LogP contribution in [0, 0.1) is 0 Å². The molecule has 0 saturated heterocycles. The number of thioether (sulfide) groups is 1. The number of ether oxygens (including phenoxy) is 1. The van der Waals surface area contributed by atoms with Crippen molar-refractivity contribution in [1.29, 1.82) is 0 Å². The Kier molecular flexibility index (Phi) is 6.64. The van der Waals surface area contributed by atoms with Gasteiger partial charge in [-0.25, -0.2) is 0 Å². The molecule has 0 saturated carbocycles. The number of nitrogens with zero attached hydrogens (tertiary/aromatic N) is 3. The molecule has 154 valence electrons. The largest absolute Gasteiger partial charge is 0.486 e. The zero-order chi connectivity index (χ0) is 20.9. The summed E-state index contributed by atoms with van der Waals surface area (Å²) < 4.78 is 12.9. The molecular weight excluding hydrogens is 388 g/mol. The van der Waals surface area contributed by atoms with Crippen LogP contribution in [0.15, 0.2) is 52.2 Å². The van der Waals surface area contributed by atoms with Gasteiger partial charge in [0, 0.05) is 7.05 Å². The summed E-state index contributed by atoms with van der Waals surface area (Å²) in [5.41, 5.74) is 1.37. The van der Waals surface area contributed by atoms with Crippen LogP contribution in [0.3, 0.4) is 0 Å². The summed E-state index contributed by atoms with van der Waals surface area (Å²) in [6, 6.07) is 11.7. The van der Waals surface area contributed by atoms with E-state index in [1.165, 1.54) is 17.3 Å². The van der Waals surface area contributed by atoms with Crippen LogP contribution in [0.25, 0.3) is 0 Å². The van der Waals surface area contributed by atoms with Crippen LogP contribution >= 0.6 is 11.8 Å². The van der Waals surface area contributed by atoms with Crippen LogP contribution in [-0.4, -0.2) is 26.4 Å². The van der Waals surface area contributed by atoms with Gasteiger partial charge in [-0.1, -0.05) is 44.7 Å². The molecule has 0 fully saturated rings. The number of furan rings is 1. The van der Waals surface area contributed by atoms with E-state index in [0.717, 1.165) is 11.5 Å². The molecule has 0 atom stereocenters. The average Bonchev–Trinajstić information content (AvgIpc) is 3.33. The monoisotopic (exact) mass is 414 g/mol. The molecule has 0 aliphatic carbocycles. The Hall–Kier alpha value is -2.74. The van der Waals surface area contributed by atoms with Crippen molar-refractivity contribution in [3.63, 3.8) is 0 Å². The van der Waals surface area contributed by atoms with Crippen LogP contribution in [0.4, 0.5) is 0 Å². The molecule has 0 unspecified atom stereocenters. The molecule has 0 radical (unpaired) electrons. The van der Waals surface area contributed by atoms with Gasteiger partial charge in [-0.05, 0) is 35.2 Å². The first-order chi connectivity index (χ1) is 13.8. The smallest absolute Gasteiger partial charge is 0.230 e. The number of aromatic nitrogens is 3. The van der Waals surface area contributed by atoms with Gasteiger partial charge in [-0.2, -0.15) is 0 Å². The second kappa shape index (κ2) is 9.17. The van der Waals surface area contributed by atoms with Crippen molar-refractivity contribution in [1.82, 2.24) is 20.1 Å². The van der Waals surface area contributed by atoms with Crippen LogP contribution in [-0.2, 0) is 30.4 Å². The first-order valence-corrected chi connectivity index (χ1v) is 10.3. The Morgan fingerprint density at radius 1 is 1.21 bits per heavy atom. The molecule has 1 amide bonds. The molecule has 1 aromatic carbocycles. The van der Waals surface area contributed by atoms with Crippen molar-refractivity contribution in [2.24, 2.45) is 7.05 Å². The van der Waals surface area contributed by atoms with E-state index in [1.54, 1.807) is 12.3 Å². The molecule has 0 spiro atoms. The zero-order valence-corrected chi connectivity index (χ0v) is 18.0. The Morgan fingerprint density at radius 2 is 1.97 bits per heavy atom. The van der Waals surface area contributed by atoms with Crippen molar-refractivity contribution in [2.75, 3.05) is 5.75 Å². The summed E-state index contributed by atoms with van der Waals surface area (Å²) >= 11 is 1.33. The van der Waals surface area contributed by atoms with Crippen molar-refractivity contribution in [3.05, 3.63) is 59.8 Å². The number of rotatable bonds is 8. The fraction of sp³-hybridized carbons (Fsp3) is 0.381. The fourth-order valence-electron chi connectivity index (χ4n) is 2.58.